The second kappa shape index (κ2) is 6.04. The molecule has 1 N–H and O–H groups in total. The normalized spacial score (nSPS) is 22.2. The van der Waals surface area contributed by atoms with E-state index in [1.54, 1.807) is 0 Å². The smallest absolute Gasteiger partial charge is 0.147 e. The monoisotopic (exact) mass is 262 g/mol. The standard InChI is InChI=1S/C15H26N4/c1-12(13-7-3-2-4-8-13)16-11-15-18-17-14-9-5-6-10-19(14)15/h12-13,16H,2-11H2,1H3/t12-/m0/s1. The molecule has 1 aliphatic carbocycles. The van der Waals surface area contributed by atoms with Crippen LogP contribution in [0.3, 0.4) is 0 Å². The van der Waals surface area contributed by atoms with Crippen LogP contribution in [-0.4, -0.2) is 20.8 Å². The fraction of sp³-hybridized carbons (Fsp3) is 0.867. The zero-order chi connectivity index (χ0) is 13.1. The molecule has 3 rings (SSSR count). The lowest BCUT2D eigenvalue weighted by Crippen LogP contribution is -2.35. The molecule has 1 fully saturated rings. The first-order chi connectivity index (χ1) is 9.34. The molecule has 1 atom stereocenters. The third kappa shape index (κ3) is 2.99. The van der Waals surface area contributed by atoms with Gasteiger partial charge < -0.3 is 9.88 Å². The van der Waals surface area contributed by atoms with Gasteiger partial charge in [-0.25, -0.2) is 0 Å². The van der Waals surface area contributed by atoms with Crippen molar-refractivity contribution in [3.8, 4) is 0 Å². The summed E-state index contributed by atoms with van der Waals surface area (Å²) in [5.74, 6) is 3.18. The Hall–Kier alpha value is -0.900. The minimum atomic E-state index is 0.608. The van der Waals surface area contributed by atoms with Crippen molar-refractivity contribution in [3.05, 3.63) is 11.6 Å². The van der Waals surface area contributed by atoms with Gasteiger partial charge in [0.05, 0.1) is 6.54 Å². The Morgan fingerprint density at radius 3 is 2.84 bits per heavy atom. The van der Waals surface area contributed by atoms with Crippen molar-refractivity contribution in [2.75, 3.05) is 0 Å². The van der Waals surface area contributed by atoms with Crippen LogP contribution in [0.2, 0.25) is 0 Å². The largest absolute Gasteiger partial charge is 0.314 e. The first kappa shape index (κ1) is 13.1. The summed E-state index contributed by atoms with van der Waals surface area (Å²) in [7, 11) is 0. The summed E-state index contributed by atoms with van der Waals surface area (Å²) in [4.78, 5) is 0. The van der Waals surface area contributed by atoms with Gasteiger partial charge in [-0.05, 0) is 38.5 Å². The van der Waals surface area contributed by atoms with Crippen LogP contribution >= 0.6 is 0 Å². The van der Waals surface area contributed by atoms with E-state index in [2.05, 4.69) is 27.0 Å². The zero-order valence-electron chi connectivity index (χ0n) is 12.1. The van der Waals surface area contributed by atoms with Crippen LogP contribution in [0.1, 0.15) is 63.5 Å². The highest BCUT2D eigenvalue weighted by atomic mass is 15.3. The number of nitrogens with one attached hydrogen (secondary N) is 1. The molecule has 1 aromatic rings. The van der Waals surface area contributed by atoms with Crippen molar-refractivity contribution in [2.24, 2.45) is 5.92 Å². The molecule has 1 saturated carbocycles. The number of hydrogen-bond donors (Lipinski definition) is 1. The van der Waals surface area contributed by atoms with Crippen LogP contribution in [0.5, 0.6) is 0 Å². The average molecular weight is 262 g/mol. The lowest BCUT2D eigenvalue weighted by Gasteiger charge is -2.28. The van der Waals surface area contributed by atoms with Crippen molar-refractivity contribution in [1.29, 1.82) is 0 Å². The maximum absolute atomic E-state index is 4.37. The van der Waals surface area contributed by atoms with Gasteiger partial charge >= 0.3 is 0 Å². The van der Waals surface area contributed by atoms with Crippen LogP contribution in [0.4, 0.5) is 0 Å². The summed E-state index contributed by atoms with van der Waals surface area (Å²) < 4.78 is 2.32. The topological polar surface area (TPSA) is 42.7 Å². The molecule has 2 aliphatic rings. The van der Waals surface area contributed by atoms with E-state index in [-0.39, 0.29) is 0 Å². The Labute approximate surface area is 116 Å². The third-order valence-electron chi connectivity index (χ3n) is 4.88. The molecule has 19 heavy (non-hydrogen) atoms. The van der Waals surface area contributed by atoms with Gasteiger partial charge in [-0.2, -0.15) is 0 Å². The summed E-state index contributed by atoms with van der Waals surface area (Å²) in [6.07, 6.45) is 10.7. The Morgan fingerprint density at radius 2 is 2.00 bits per heavy atom. The Kier molecular flexibility index (Phi) is 4.16. The number of aryl methyl sites for hydroxylation is 1. The first-order valence-corrected chi connectivity index (χ1v) is 7.99. The van der Waals surface area contributed by atoms with Crippen LogP contribution in [-0.2, 0) is 19.5 Å². The molecular weight excluding hydrogens is 236 g/mol. The Balaban J connectivity index is 1.55. The molecule has 0 saturated heterocycles. The van der Waals surface area contributed by atoms with E-state index in [1.807, 2.05) is 0 Å². The van der Waals surface area contributed by atoms with Gasteiger partial charge in [0, 0.05) is 19.0 Å². The molecule has 0 unspecified atom stereocenters. The number of hydrogen-bond acceptors (Lipinski definition) is 3. The van der Waals surface area contributed by atoms with Crippen molar-refractivity contribution in [1.82, 2.24) is 20.1 Å². The Morgan fingerprint density at radius 1 is 1.16 bits per heavy atom. The van der Waals surface area contributed by atoms with E-state index in [0.29, 0.717) is 6.04 Å². The third-order valence-corrected chi connectivity index (χ3v) is 4.88. The second-order valence-corrected chi connectivity index (χ2v) is 6.21. The average Bonchev–Trinajstić information content (AvgIpc) is 2.89. The summed E-state index contributed by atoms with van der Waals surface area (Å²) in [5.41, 5.74) is 0. The molecule has 4 heteroatoms. The van der Waals surface area contributed by atoms with Crippen molar-refractivity contribution in [3.63, 3.8) is 0 Å². The quantitative estimate of drug-likeness (QED) is 0.907. The van der Waals surface area contributed by atoms with E-state index < -0.39 is 0 Å². The van der Waals surface area contributed by atoms with Crippen molar-refractivity contribution >= 4 is 0 Å². The SMILES string of the molecule is C[C@H](NCc1nnc2n1CCCC2)C1CCCCC1. The fourth-order valence-corrected chi connectivity index (χ4v) is 3.55. The van der Waals surface area contributed by atoms with E-state index in [1.165, 1.54) is 50.8 Å². The molecule has 2 heterocycles. The molecular formula is C15H26N4. The summed E-state index contributed by atoms with van der Waals surface area (Å²) >= 11 is 0. The summed E-state index contributed by atoms with van der Waals surface area (Å²) in [5, 5.41) is 12.4. The van der Waals surface area contributed by atoms with Crippen molar-refractivity contribution < 1.29 is 0 Å². The van der Waals surface area contributed by atoms with Crippen molar-refractivity contribution in [2.45, 2.75) is 77.4 Å². The lowest BCUT2D eigenvalue weighted by atomic mass is 9.84. The summed E-state index contributed by atoms with van der Waals surface area (Å²) in [6.45, 7) is 4.32. The molecule has 0 amide bonds. The van der Waals surface area contributed by atoms with E-state index in [4.69, 9.17) is 0 Å². The predicted octanol–water partition coefficient (Wildman–Crippen LogP) is 2.67. The van der Waals surface area contributed by atoms with Gasteiger partial charge in [0.2, 0.25) is 0 Å². The fourth-order valence-electron chi connectivity index (χ4n) is 3.55. The van der Waals surface area contributed by atoms with Crippen LogP contribution in [0.25, 0.3) is 0 Å². The van der Waals surface area contributed by atoms with E-state index in [0.717, 1.165) is 31.3 Å². The highest BCUT2D eigenvalue weighted by Crippen LogP contribution is 2.26. The molecule has 1 aromatic heterocycles. The molecule has 4 nitrogen and oxygen atoms in total. The molecule has 0 spiro atoms. The van der Waals surface area contributed by atoms with E-state index >= 15 is 0 Å². The molecule has 0 radical (unpaired) electrons. The zero-order valence-corrected chi connectivity index (χ0v) is 12.1. The van der Waals surface area contributed by atoms with Gasteiger partial charge in [0.1, 0.15) is 11.6 Å². The van der Waals surface area contributed by atoms with Gasteiger partial charge in [-0.3, -0.25) is 0 Å². The highest BCUT2D eigenvalue weighted by Gasteiger charge is 2.21. The lowest BCUT2D eigenvalue weighted by molar-refractivity contribution is 0.278. The van der Waals surface area contributed by atoms with Crippen LogP contribution in [0.15, 0.2) is 0 Å². The van der Waals surface area contributed by atoms with Crippen LogP contribution in [0, 0.1) is 5.92 Å². The minimum Gasteiger partial charge on any atom is -0.314 e. The maximum atomic E-state index is 4.37. The van der Waals surface area contributed by atoms with E-state index in [9.17, 15) is 0 Å². The number of fused-ring (bicyclic) bond motifs is 1. The Bertz CT molecular complexity index is 406. The van der Waals surface area contributed by atoms with Crippen LogP contribution < -0.4 is 5.32 Å². The molecule has 0 bridgehead atoms. The summed E-state index contributed by atoms with van der Waals surface area (Å²) in [6, 6.07) is 0.608. The van der Waals surface area contributed by atoms with Gasteiger partial charge in [0.25, 0.3) is 0 Å². The molecule has 1 aliphatic heterocycles. The predicted molar refractivity (Wildman–Crippen MR) is 75.8 cm³/mol. The van der Waals surface area contributed by atoms with Gasteiger partial charge in [-0.15, -0.1) is 10.2 Å². The van der Waals surface area contributed by atoms with Gasteiger partial charge in [0.15, 0.2) is 0 Å². The number of aromatic nitrogens is 3. The highest BCUT2D eigenvalue weighted by molar-refractivity contribution is 4.99. The van der Waals surface area contributed by atoms with Gasteiger partial charge in [-0.1, -0.05) is 19.3 Å². The molecule has 0 aromatic carbocycles. The second-order valence-electron chi connectivity index (χ2n) is 6.21. The maximum Gasteiger partial charge on any atom is 0.147 e. The molecule has 106 valence electrons. The first-order valence-electron chi connectivity index (χ1n) is 7.99. The number of rotatable bonds is 4. The minimum absolute atomic E-state index is 0.608. The number of nitrogens with zero attached hydrogens (tertiary/aromatic N) is 3.